The Morgan fingerprint density at radius 3 is 2.73 bits per heavy atom. The van der Waals surface area contributed by atoms with Gasteiger partial charge in [0.1, 0.15) is 0 Å². The molecular formula is C12H24N2O. The molecule has 15 heavy (non-hydrogen) atoms. The minimum atomic E-state index is 0.165. The number of amides is 1. The number of carbonyl (C=O) groups is 1. The lowest BCUT2D eigenvalue weighted by molar-refractivity contribution is -0.122. The van der Waals surface area contributed by atoms with Gasteiger partial charge in [0, 0.05) is 12.6 Å². The van der Waals surface area contributed by atoms with E-state index in [1.807, 2.05) is 7.05 Å². The van der Waals surface area contributed by atoms with Crippen LogP contribution in [0.5, 0.6) is 0 Å². The fourth-order valence-corrected chi connectivity index (χ4v) is 1.77. The van der Waals surface area contributed by atoms with Gasteiger partial charge in [0.05, 0.1) is 6.54 Å². The lowest BCUT2D eigenvalue weighted by atomic mass is 10.2. The van der Waals surface area contributed by atoms with Gasteiger partial charge in [-0.15, -0.1) is 0 Å². The molecule has 1 N–H and O–H groups in total. The first-order chi connectivity index (χ1) is 7.15. The van der Waals surface area contributed by atoms with Gasteiger partial charge in [-0.2, -0.15) is 0 Å². The zero-order valence-corrected chi connectivity index (χ0v) is 10.3. The summed E-state index contributed by atoms with van der Waals surface area (Å²) in [5, 5.41) is 2.95. The van der Waals surface area contributed by atoms with Crippen molar-refractivity contribution in [3.63, 3.8) is 0 Å². The Labute approximate surface area is 93.2 Å². The molecule has 0 aromatic rings. The number of nitrogens with zero attached hydrogens (tertiary/aromatic N) is 1. The summed E-state index contributed by atoms with van der Waals surface area (Å²) < 4.78 is 0. The van der Waals surface area contributed by atoms with Crippen LogP contribution in [0.4, 0.5) is 0 Å². The molecule has 0 radical (unpaired) electrons. The lowest BCUT2D eigenvalue weighted by Gasteiger charge is -2.23. The zero-order chi connectivity index (χ0) is 11.3. The molecule has 3 heteroatoms. The first-order valence-corrected chi connectivity index (χ1v) is 6.12. The van der Waals surface area contributed by atoms with Crippen LogP contribution in [0, 0.1) is 5.92 Å². The Balaban J connectivity index is 2.12. The van der Waals surface area contributed by atoms with E-state index in [2.05, 4.69) is 24.1 Å². The average Bonchev–Trinajstić information content (AvgIpc) is 3.00. The van der Waals surface area contributed by atoms with Crippen molar-refractivity contribution >= 4 is 5.91 Å². The summed E-state index contributed by atoms with van der Waals surface area (Å²) in [5.41, 5.74) is 0. The summed E-state index contributed by atoms with van der Waals surface area (Å²) in [5.74, 6) is 0.997. The highest BCUT2D eigenvalue weighted by Crippen LogP contribution is 2.34. The van der Waals surface area contributed by atoms with Crippen molar-refractivity contribution in [3.8, 4) is 0 Å². The number of hydrogen-bond acceptors (Lipinski definition) is 2. The third-order valence-electron chi connectivity index (χ3n) is 3.24. The molecule has 1 unspecified atom stereocenters. The summed E-state index contributed by atoms with van der Waals surface area (Å²) >= 11 is 0. The van der Waals surface area contributed by atoms with E-state index in [1.54, 1.807) is 0 Å². The van der Waals surface area contributed by atoms with Crippen LogP contribution < -0.4 is 5.32 Å². The van der Waals surface area contributed by atoms with Crippen LogP contribution >= 0.6 is 0 Å². The molecule has 1 fully saturated rings. The molecule has 0 bridgehead atoms. The Hall–Kier alpha value is -0.570. The molecule has 0 aliphatic heterocycles. The zero-order valence-electron chi connectivity index (χ0n) is 10.3. The number of nitrogens with one attached hydrogen (secondary N) is 1. The largest absolute Gasteiger partial charge is 0.355 e. The van der Waals surface area contributed by atoms with Gasteiger partial charge in [0.25, 0.3) is 0 Å². The minimum Gasteiger partial charge on any atom is -0.355 e. The van der Waals surface area contributed by atoms with Gasteiger partial charge in [0.15, 0.2) is 0 Å². The van der Waals surface area contributed by atoms with Gasteiger partial charge >= 0.3 is 0 Å². The molecule has 0 saturated heterocycles. The highest BCUT2D eigenvalue weighted by atomic mass is 16.2. The van der Waals surface area contributed by atoms with Crippen molar-refractivity contribution in [2.75, 3.05) is 20.1 Å². The summed E-state index contributed by atoms with van der Waals surface area (Å²) in [6.45, 7) is 5.72. The Bertz CT molecular complexity index is 202. The lowest BCUT2D eigenvalue weighted by Crippen LogP contribution is -2.40. The molecule has 1 aliphatic carbocycles. The van der Waals surface area contributed by atoms with E-state index in [4.69, 9.17) is 0 Å². The van der Waals surface area contributed by atoms with E-state index in [0.717, 1.165) is 25.3 Å². The predicted molar refractivity (Wildman–Crippen MR) is 62.7 cm³/mol. The van der Waals surface area contributed by atoms with Gasteiger partial charge in [0.2, 0.25) is 5.91 Å². The van der Waals surface area contributed by atoms with Crippen LogP contribution in [-0.4, -0.2) is 37.0 Å². The summed E-state index contributed by atoms with van der Waals surface area (Å²) in [4.78, 5) is 13.7. The van der Waals surface area contributed by atoms with Crippen LogP contribution in [0.1, 0.15) is 39.5 Å². The fourth-order valence-electron chi connectivity index (χ4n) is 1.77. The minimum absolute atomic E-state index is 0.165. The smallest absolute Gasteiger partial charge is 0.234 e. The SMILES string of the molecule is CCCCNC(=O)CN(C)C(C)C1CC1. The Morgan fingerprint density at radius 2 is 2.20 bits per heavy atom. The van der Waals surface area contributed by atoms with E-state index in [-0.39, 0.29) is 5.91 Å². The third-order valence-corrected chi connectivity index (χ3v) is 3.24. The molecule has 1 amide bonds. The topological polar surface area (TPSA) is 32.3 Å². The highest BCUT2D eigenvalue weighted by molar-refractivity contribution is 5.77. The number of hydrogen-bond donors (Lipinski definition) is 1. The molecular weight excluding hydrogens is 188 g/mol. The average molecular weight is 212 g/mol. The number of rotatable bonds is 7. The van der Waals surface area contributed by atoms with Crippen molar-refractivity contribution in [3.05, 3.63) is 0 Å². The Morgan fingerprint density at radius 1 is 1.53 bits per heavy atom. The number of carbonyl (C=O) groups excluding carboxylic acids is 1. The molecule has 3 nitrogen and oxygen atoms in total. The maximum Gasteiger partial charge on any atom is 0.234 e. The first kappa shape index (κ1) is 12.5. The molecule has 1 rings (SSSR count). The number of likely N-dealkylation sites (N-methyl/N-ethyl adjacent to an activating group) is 1. The van der Waals surface area contributed by atoms with Crippen LogP contribution in [0.25, 0.3) is 0 Å². The van der Waals surface area contributed by atoms with Crippen LogP contribution in [0.3, 0.4) is 0 Å². The van der Waals surface area contributed by atoms with E-state index in [0.29, 0.717) is 12.6 Å². The highest BCUT2D eigenvalue weighted by Gasteiger charge is 2.30. The van der Waals surface area contributed by atoms with Gasteiger partial charge in [-0.25, -0.2) is 0 Å². The van der Waals surface area contributed by atoms with Gasteiger partial charge in [-0.1, -0.05) is 13.3 Å². The van der Waals surface area contributed by atoms with E-state index >= 15 is 0 Å². The van der Waals surface area contributed by atoms with Crippen LogP contribution in [-0.2, 0) is 4.79 Å². The molecule has 0 heterocycles. The first-order valence-electron chi connectivity index (χ1n) is 6.12. The number of unbranched alkanes of at least 4 members (excludes halogenated alkanes) is 1. The second kappa shape index (κ2) is 6.11. The van der Waals surface area contributed by atoms with Crippen molar-refractivity contribution < 1.29 is 4.79 Å². The van der Waals surface area contributed by atoms with E-state index in [9.17, 15) is 4.79 Å². The van der Waals surface area contributed by atoms with Crippen molar-refractivity contribution in [1.29, 1.82) is 0 Å². The maximum absolute atomic E-state index is 11.5. The molecule has 1 atom stereocenters. The van der Waals surface area contributed by atoms with Crippen molar-refractivity contribution in [2.45, 2.75) is 45.6 Å². The van der Waals surface area contributed by atoms with E-state index in [1.165, 1.54) is 12.8 Å². The molecule has 1 aliphatic rings. The second-order valence-corrected chi connectivity index (χ2v) is 4.70. The normalized spacial score (nSPS) is 17.9. The van der Waals surface area contributed by atoms with E-state index < -0.39 is 0 Å². The fraction of sp³-hybridized carbons (Fsp3) is 0.917. The molecule has 0 spiro atoms. The Kier molecular flexibility index (Phi) is 5.09. The van der Waals surface area contributed by atoms with Crippen molar-refractivity contribution in [2.24, 2.45) is 5.92 Å². The van der Waals surface area contributed by atoms with Crippen molar-refractivity contribution in [1.82, 2.24) is 10.2 Å². The van der Waals surface area contributed by atoms with Gasteiger partial charge in [-0.05, 0) is 39.2 Å². The standard InChI is InChI=1S/C12H24N2O/c1-4-5-8-13-12(15)9-14(3)10(2)11-6-7-11/h10-11H,4-9H2,1-3H3,(H,13,15). The van der Waals surface area contributed by atoms with Crippen LogP contribution in [0.2, 0.25) is 0 Å². The molecule has 88 valence electrons. The third kappa shape index (κ3) is 4.65. The maximum atomic E-state index is 11.5. The summed E-state index contributed by atoms with van der Waals surface area (Å²) in [6.07, 6.45) is 4.88. The monoisotopic (exact) mass is 212 g/mol. The summed E-state index contributed by atoms with van der Waals surface area (Å²) in [6, 6.07) is 0.557. The molecule has 0 aromatic heterocycles. The quantitative estimate of drug-likeness (QED) is 0.651. The predicted octanol–water partition coefficient (Wildman–Crippen LogP) is 1.63. The molecule has 1 saturated carbocycles. The summed E-state index contributed by atoms with van der Waals surface area (Å²) in [7, 11) is 2.04. The van der Waals surface area contributed by atoms with Gasteiger partial charge < -0.3 is 5.32 Å². The van der Waals surface area contributed by atoms with Gasteiger partial charge in [-0.3, -0.25) is 9.69 Å². The molecule has 0 aromatic carbocycles. The van der Waals surface area contributed by atoms with Crippen LogP contribution in [0.15, 0.2) is 0 Å². The second-order valence-electron chi connectivity index (χ2n) is 4.70.